The van der Waals surface area contributed by atoms with Crippen LogP contribution in [0.15, 0.2) is 0 Å². The van der Waals surface area contributed by atoms with Crippen molar-refractivity contribution in [3.63, 3.8) is 0 Å². The minimum absolute atomic E-state index is 0.0445. The quantitative estimate of drug-likeness (QED) is 0.754. The van der Waals surface area contributed by atoms with E-state index in [1.165, 1.54) is 6.42 Å². The first-order valence-electron chi connectivity index (χ1n) is 7.21. The fourth-order valence-corrected chi connectivity index (χ4v) is 2.98. The van der Waals surface area contributed by atoms with Crippen molar-refractivity contribution < 1.29 is 9.90 Å². The van der Waals surface area contributed by atoms with Crippen LogP contribution >= 0.6 is 0 Å². The third-order valence-electron chi connectivity index (χ3n) is 3.95. The molecule has 0 aromatic carbocycles. The average Bonchev–Trinajstić information content (AvgIpc) is 2.35. The van der Waals surface area contributed by atoms with E-state index >= 15 is 0 Å². The molecule has 1 aliphatic carbocycles. The van der Waals surface area contributed by atoms with Crippen LogP contribution in [0.3, 0.4) is 0 Å². The number of hydrogen-bond acceptors (Lipinski definition) is 3. The molecule has 1 aliphatic rings. The Morgan fingerprint density at radius 2 is 2.17 bits per heavy atom. The molecule has 1 saturated carbocycles. The second-order valence-corrected chi connectivity index (χ2v) is 5.66. The van der Waals surface area contributed by atoms with Crippen LogP contribution in [0, 0.1) is 11.8 Å². The van der Waals surface area contributed by atoms with Crippen LogP contribution in [-0.4, -0.2) is 41.7 Å². The van der Waals surface area contributed by atoms with Crippen molar-refractivity contribution in [2.45, 2.75) is 52.0 Å². The normalized spacial score (nSPS) is 24.3. The number of carbonyl (C=O) groups is 1. The van der Waals surface area contributed by atoms with Crippen molar-refractivity contribution >= 4 is 5.91 Å². The number of rotatable bonds is 6. The van der Waals surface area contributed by atoms with Gasteiger partial charge in [-0.1, -0.05) is 12.8 Å². The summed E-state index contributed by atoms with van der Waals surface area (Å²) in [4.78, 5) is 14.3. The van der Waals surface area contributed by atoms with Gasteiger partial charge in [0.2, 0.25) is 5.91 Å². The molecule has 1 amide bonds. The fourth-order valence-electron chi connectivity index (χ4n) is 2.98. The molecule has 4 heteroatoms. The summed E-state index contributed by atoms with van der Waals surface area (Å²) in [7, 11) is 0. The first-order chi connectivity index (χ1) is 8.60. The topological polar surface area (TPSA) is 66.6 Å². The van der Waals surface area contributed by atoms with Gasteiger partial charge in [-0.05, 0) is 45.6 Å². The molecule has 18 heavy (non-hydrogen) atoms. The number of nitrogens with zero attached hydrogens (tertiary/aromatic N) is 1. The lowest BCUT2D eigenvalue weighted by Gasteiger charge is -2.34. The zero-order valence-corrected chi connectivity index (χ0v) is 11.8. The SMILES string of the molecule is CC(C)N(CCO)C(=O)C1CCCC(CCN)C1. The van der Waals surface area contributed by atoms with Crippen molar-refractivity contribution in [2.75, 3.05) is 19.7 Å². The number of hydrogen-bond donors (Lipinski definition) is 2. The van der Waals surface area contributed by atoms with Gasteiger partial charge in [0.15, 0.2) is 0 Å². The lowest BCUT2D eigenvalue weighted by Crippen LogP contribution is -2.43. The Kier molecular flexibility index (Phi) is 6.65. The predicted octanol–water partition coefficient (Wildman–Crippen LogP) is 1.37. The van der Waals surface area contributed by atoms with Gasteiger partial charge in [0.05, 0.1) is 6.61 Å². The molecule has 1 fully saturated rings. The maximum absolute atomic E-state index is 12.5. The van der Waals surface area contributed by atoms with Crippen LogP contribution in [0.4, 0.5) is 0 Å². The van der Waals surface area contributed by atoms with E-state index in [-0.39, 0.29) is 24.5 Å². The molecule has 1 rings (SSSR count). The fraction of sp³-hybridized carbons (Fsp3) is 0.929. The van der Waals surface area contributed by atoms with E-state index in [0.717, 1.165) is 32.2 Å². The maximum atomic E-state index is 12.5. The number of aliphatic hydroxyl groups excluding tert-OH is 1. The highest BCUT2D eigenvalue weighted by molar-refractivity contribution is 5.79. The summed E-state index contributed by atoms with van der Waals surface area (Å²) in [6.07, 6.45) is 5.35. The molecular formula is C14H28N2O2. The van der Waals surface area contributed by atoms with Crippen LogP contribution in [0.2, 0.25) is 0 Å². The van der Waals surface area contributed by atoms with Gasteiger partial charge in [-0.15, -0.1) is 0 Å². The molecule has 106 valence electrons. The molecule has 3 N–H and O–H groups in total. The molecule has 0 radical (unpaired) electrons. The summed E-state index contributed by atoms with van der Waals surface area (Å²) in [5.41, 5.74) is 5.61. The van der Waals surface area contributed by atoms with Gasteiger partial charge in [-0.25, -0.2) is 0 Å². The average molecular weight is 256 g/mol. The molecule has 0 aromatic heterocycles. The minimum atomic E-state index is 0.0445. The highest BCUT2D eigenvalue weighted by atomic mass is 16.3. The van der Waals surface area contributed by atoms with Crippen LogP contribution in [0.1, 0.15) is 46.0 Å². The molecule has 0 bridgehead atoms. The van der Waals surface area contributed by atoms with Crippen molar-refractivity contribution in [3.8, 4) is 0 Å². The predicted molar refractivity (Wildman–Crippen MR) is 73.1 cm³/mol. The number of nitrogens with two attached hydrogens (primary N) is 1. The van der Waals surface area contributed by atoms with Crippen LogP contribution in [-0.2, 0) is 4.79 Å². The van der Waals surface area contributed by atoms with E-state index in [4.69, 9.17) is 10.8 Å². The summed E-state index contributed by atoms with van der Waals surface area (Å²) in [5.74, 6) is 0.978. The van der Waals surface area contributed by atoms with Gasteiger partial charge in [-0.2, -0.15) is 0 Å². The summed E-state index contributed by atoms with van der Waals surface area (Å²) in [6.45, 7) is 5.23. The Balaban J connectivity index is 2.58. The summed E-state index contributed by atoms with van der Waals surface area (Å²) < 4.78 is 0. The lowest BCUT2D eigenvalue weighted by molar-refractivity contribution is -0.139. The van der Waals surface area contributed by atoms with Crippen LogP contribution in [0.5, 0.6) is 0 Å². The Bertz CT molecular complexity index is 254. The van der Waals surface area contributed by atoms with Gasteiger partial charge < -0.3 is 15.7 Å². The maximum Gasteiger partial charge on any atom is 0.225 e. The summed E-state index contributed by atoms with van der Waals surface area (Å²) in [5, 5.41) is 9.06. The number of carbonyl (C=O) groups excluding carboxylic acids is 1. The number of aliphatic hydroxyl groups is 1. The van der Waals surface area contributed by atoms with Gasteiger partial charge in [-0.3, -0.25) is 4.79 Å². The summed E-state index contributed by atoms with van der Waals surface area (Å²) in [6, 6.07) is 0.166. The van der Waals surface area contributed by atoms with E-state index in [2.05, 4.69) is 0 Å². The van der Waals surface area contributed by atoms with E-state index in [1.54, 1.807) is 0 Å². The van der Waals surface area contributed by atoms with Crippen molar-refractivity contribution in [3.05, 3.63) is 0 Å². The zero-order chi connectivity index (χ0) is 13.5. The third-order valence-corrected chi connectivity index (χ3v) is 3.95. The van der Waals surface area contributed by atoms with Crippen molar-refractivity contribution in [1.29, 1.82) is 0 Å². The first-order valence-corrected chi connectivity index (χ1v) is 7.21. The standard InChI is InChI=1S/C14H28N2O2/c1-11(2)16(8-9-17)14(18)13-5-3-4-12(10-13)6-7-15/h11-13,17H,3-10,15H2,1-2H3. The Morgan fingerprint density at radius 3 is 2.72 bits per heavy atom. The molecule has 4 nitrogen and oxygen atoms in total. The Morgan fingerprint density at radius 1 is 1.44 bits per heavy atom. The van der Waals surface area contributed by atoms with E-state index < -0.39 is 0 Å². The third kappa shape index (κ3) is 4.25. The lowest BCUT2D eigenvalue weighted by atomic mass is 9.79. The smallest absolute Gasteiger partial charge is 0.225 e. The molecule has 0 heterocycles. The highest BCUT2D eigenvalue weighted by Gasteiger charge is 2.30. The molecule has 0 spiro atoms. The summed E-state index contributed by atoms with van der Waals surface area (Å²) >= 11 is 0. The molecule has 2 atom stereocenters. The van der Waals surface area contributed by atoms with Gasteiger partial charge in [0.1, 0.15) is 0 Å². The monoisotopic (exact) mass is 256 g/mol. The van der Waals surface area contributed by atoms with Crippen LogP contribution in [0.25, 0.3) is 0 Å². The first kappa shape index (κ1) is 15.4. The number of amides is 1. The minimum Gasteiger partial charge on any atom is -0.395 e. The van der Waals surface area contributed by atoms with E-state index in [0.29, 0.717) is 12.5 Å². The molecular weight excluding hydrogens is 228 g/mol. The second kappa shape index (κ2) is 7.74. The Hall–Kier alpha value is -0.610. The molecule has 0 saturated heterocycles. The van der Waals surface area contributed by atoms with Gasteiger partial charge in [0, 0.05) is 18.5 Å². The molecule has 2 unspecified atom stereocenters. The molecule has 0 aromatic rings. The largest absolute Gasteiger partial charge is 0.395 e. The Labute approximate surface area is 111 Å². The van der Waals surface area contributed by atoms with E-state index in [1.807, 2.05) is 18.7 Å². The second-order valence-electron chi connectivity index (χ2n) is 5.66. The van der Waals surface area contributed by atoms with Crippen molar-refractivity contribution in [2.24, 2.45) is 17.6 Å². The highest BCUT2D eigenvalue weighted by Crippen LogP contribution is 2.32. The van der Waals surface area contributed by atoms with Gasteiger partial charge >= 0.3 is 0 Å². The van der Waals surface area contributed by atoms with E-state index in [9.17, 15) is 4.79 Å². The van der Waals surface area contributed by atoms with Gasteiger partial charge in [0.25, 0.3) is 0 Å². The molecule has 0 aliphatic heterocycles. The van der Waals surface area contributed by atoms with Crippen LogP contribution < -0.4 is 5.73 Å². The van der Waals surface area contributed by atoms with Crippen molar-refractivity contribution in [1.82, 2.24) is 4.90 Å². The zero-order valence-electron chi connectivity index (χ0n) is 11.8.